The summed E-state index contributed by atoms with van der Waals surface area (Å²) in [6.07, 6.45) is 9.20. The molecule has 0 amide bonds. The quantitative estimate of drug-likeness (QED) is 0.409. The molecule has 0 saturated carbocycles. The fraction of sp³-hybridized carbons (Fsp3) is 0.154. The van der Waals surface area contributed by atoms with Gasteiger partial charge in [0.1, 0.15) is 18.2 Å². The number of ether oxygens (including phenoxy) is 1. The lowest BCUT2D eigenvalue weighted by Gasteiger charge is -2.16. The highest BCUT2D eigenvalue weighted by atomic mass is 32.2. The van der Waals surface area contributed by atoms with Crippen LogP contribution in [0.5, 0.6) is 0 Å². The summed E-state index contributed by atoms with van der Waals surface area (Å²) < 4.78 is 8.08. The Morgan fingerprint density at radius 3 is 2.72 bits per heavy atom. The van der Waals surface area contributed by atoms with Crippen molar-refractivity contribution < 1.29 is 9.84 Å². The molecule has 5 nitrogen and oxygen atoms in total. The van der Waals surface area contributed by atoms with Crippen LogP contribution in [0.25, 0.3) is 5.65 Å². The van der Waals surface area contributed by atoms with Crippen molar-refractivity contribution in [1.82, 2.24) is 14.6 Å². The minimum atomic E-state index is 0.0221. The number of allylic oxidation sites excluding steroid dienone is 3. The molecule has 1 aliphatic carbocycles. The van der Waals surface area contributed by atoms with Gasteiger partial charge in [0.15, 0.2) is 5.65 Å². The van der Waals surface area contributed by atoms with Crippen molar-refractivity contribution in [2.45, 2.75) is 35.3 Å². The average molecular weight is 442 g/mol. The molecule has 2 aromatic heterocycles. The number of hydrogen-bond acceptors (Lipinski definition) is 5. The van der Waals surface area contributed by atoms with E-state index in [4.69, 9.17) is 4.74 Å². The fourth-order valence-electron chi connectivity index (χ4n) is 3.73. The maximum Gasteiger partial charge on any atom is 0.160 e. The highest BCUT2D eigenvalue weighted by molar-refractivity contribution is 7.99. The van der Waals surface area contributed by atoms with Crippen LogP contribution >= 0.6 is 11.8 Å². The molecule has 32 heavy (non-hydrogen) atoms. The molecule has 0 spiro atoms. The molecule has 6 heteroatoms. The normalized spacial score (nSPS) is 15.7. The van der Waals surface area contributed by atoms with Gasteiger partial charge in [0, 0.05) is 21.9 Å². The van der Waals surface area contributed by atoms with E-state index in [2.05, 4.69) is 45.1 Å². The van der Waals surface area contributed by atoms with Gasteiger partial charge in [0.2, 0.25) is 0 Å². The molecule has 0 fully saturated rings. The van der Waals surface area contributed by atoms with E-state index in [9.17, 15) is 5.11 Å². The maximum atomic E-state index is 9.63. The van der Waals surface area contributed by atoms with Crippen LogP contribution in [0, 0.1) is 0 Å². The lowest BCUT2D eigenvalue weighted by atomic mass is 9.99. The number of aromatic nitrogens is 3. The largest absolute Gasteiger partial charge is 0.489 e. The molecule has 1 atom stereocenters. The van der Waals surface area contributed by atoms with E-state index in [1.165, 1.54) is 0 Å². The van der Waals surface area contributed by atoms with Crippen molar-refractivity contribution in [1.29, 1.82) is 0 Å². The standard InChI is InChI=1S/C26H23N3O2S/c30-17-21-9-4-5-12-24(21)32-23-13-14-25-27-28-26(29(25)16-23)20-10-6-11-22(15-20)31-18-19-7-2-1-3-8-19/h1-9,11-16,20,30H,10,17-18H2. The van der Waals surface area contributed by atoms with Crippen LogP contribution in [0.1, 0.15) is 29.3 Å². The summed E-state index contributed by atoms with van der Waals surface area (Å²) in [4.78, 5) is 2.11. The van der Waals surface area contributed by atoms with Gasteiger partial charge in [0.25, 0.3) is 0 Å². The molecule has 1 aliphatic rings. The molecule has 0 aliphatic heterocycles. The predicted molar refractivity (Wildman–Crippen MR) is 125 cm³/mol. The second-order valence-electron chi connectivity index (χ2n) is 7.61. The number of benzene rings is 2. The lowest BCUT2D eigenvalue weighted by Crippen LogP contribution is -2.06. The number of nitrogens with zero attached hydrogens (tertiary/aromatic N) is 3. The zero-order valence-corrected chi connectivity index (χ0v) is 18.3. The summed E-state index contributed by atoms with van der Waals surface area (Å²) in [5.74, 6) is 1.83. The highest BCUT2D eigenvalue weighted by Crippen LogP contribution is 2.32. The van der Waals surface area contributed by atoms with Gasteiger partial charge >= 0.3 is 0 Å². The van der Waals surface area contributed by atoms with Crippen molar-refractivity contribution in [2.24, 2.45) is 0 Å². The summed E-state index contributed by atoms with van der Waals surface area (Å²) >= 11 is 1.63. The first-order valence-electron chi connectivity index (χ1n) is 10.6. The summed E-state index contributed by atoms with van der Waals surface area (Å²) in [6.45, 7) is 0.559. The van der Waals surface area contributed by atoms with Crippen LogP contribution in [0.4, 0.5) is 0 Å². The van der Waals surface area contributed by atoms with E-state index >= 15 is 0 Å². The molecule has 0 bridgehead atoms. The van der Waals surface area contributed by atoms with Gasteiger partial charge in [0.05, 0.1) is 6.61 Å². The Morgan fingerprint density at radius 1 is 1.00 bits per heavy atom. The third-order valence-corrected chi connectivity index (χ3v) is 6.49. The summed E-state index contributed by atoms with van der Waals surface area (Å²) in [5, 5.41) is 18.5. The van der Waals surface area contributed by atoms with Crippen molar-refractivity contribution >= 4 is 17.4 Å². The van der Waals surface area contributed by atoms with E-state index in [0.29, 0.717) is 6.61 Å². The van der Waals surface area contributed by atoms with Crippen LogP contribution in [-0.2, 0) is 18.0 Å². The number of fused-ring (bicyclic) bond motifs is 1. The molecule has 2 aromatic carbocycles. The predicted octanol–water partition coefficient (Wildman–Crippen LogP) is 5.52. The first-order valence-corrected chi connectivity index (χ1v) is 11.4. The smallest absolute Gasteiger partial charge is 0.160 e. The highest BCUT2D eigenvalue weighted by Gasteiger charge is 2.19. The van der Waals surface area contributed by atoms with Gasteiger partial charge in [-0.2, -0.15) is 0 Å². The minimum Gasteiger partial charge on any atom is -0.489 e. The third kappa shape index (κ3) is 4.47. The first kappa shape index (κ1) is 20.5. The SMILES string of the molecule is OCc1ccccc1Sc1ccc2nnc(C3C=C(OCc4ccccc4)C=CC3)n2c1. The van der Waals surface area contributed by atoms with Crippen LogP contribution in [0.3, 0.4) is 0 Å². The number of aliphatic hydroxyl groups is 1. The molecule has 1 N–H and O–H groups in total. The average Bonchev–Trinajstić information content (AvgIpc) is 3.27. The van der Waals surface area contributed by atoms with Crippen LogP contribution < -0.4 is 0 Å². The molecule has 5 rings (SSSR count). The van der Waals surface area contributed by atoms with Crippen molar-refractivity contribution in [3.63, 3.8) is 0 Å². The van der Waals surface area contributed by atoms with Crippen molar-refractivity contribution in [3.8, 4) is 0 Å². The number of hydrogen-bond donors (Lipinski definition) is 1. The van der Waals surface area contributed by atoms with E-state index in [1.54, 1.807) is 11.8 Å². The van der Waals surface area contributed by atoms with E-state index in [-0.39, 0.29) is 12.5 Å². The molecule has 4 aromatic rings. The van der Waals surface area contributed by atoms with Crippen LogP contribution in [0.15, 0.2) is 107 Å². The third-order valence-electron chi connectivity index (χ3n) is 5.39. The number of aliphatic hydroxyl groups excluding tert-OH is 1. The Morgan fingerprint density at radius 2 is 1.84 bits per heavy atom. The minimum absolute atomic E-state index is 0.0221. The Bertz CT molecular complexity index is 1280. The van der Waals surface area contributed by atoms with Crippen LogP contribution in [-0.4, -0.2) is 19.7 Å². The zero-order valence-electron chi connectivity index (χ0n) is 17.5. The molecule has 160 valence electrons. The summed E-state index contributed by atoms with van der Waals surface area (Å²) in [5.41, 5.74) is 2.87. The van der Waals surface area contributed by atoms with E-state index in [0.717, 1.165) is 44.6 Å². The zero-order chi connectivity index (χ0) is 21.8. The lowest BCUT2D eigenvalue weighted by molar-refractivity contribution is 0.208. The summed E-state index contributed by atoms with van der Waals surface area (Å²) in [6, 6.07) is 22.1. The number of rotatable bonds is 7. The second-order valence-corrected chi connectivity index (χ2v) is 8.72. The maximum absolute atomic E-state index is 9.63. The van der Waals surface area contributed by atoms with Gasteiger partial charge in [-0.15, -0.1) is 10.2 Å². The molecular formula is C26H23N3O2S. The first-order chi connectivity index (χ1) is 15.8. The monoisotopic (exact) mass is 441 g/mol. The summed E-state index contributed by atoms with van der Waals surface area (Å²) in [7, 11) is 0. The second kappa shape index (κ2) is 9.42. The number of pyridine rings is 1. The van der Waals surface area contributed by atoms with Crippen molar-refractivity contribution in [3.05, 3.63) is 114 Å². The fourth-order valence-corrected chi connectivity index (χ4v) is 4.69. The molecule has 0 saturated heterocycles. The Balaban J connectivity index is 1.38. The Hall–Kier alpha value is -3.35. The van der Waals surface area contributed by atoms with Gasteiger partial charge in [-0.1, -0.05) is 66.4 Å². The van der Waals surface area contributed by atoms with E-state index < -0.39 is 0 Å². The van der Waals surface area contributed by atoms with Gasteiger partial charge in [-0.25, -0.2) is 0 Å². The Labute approximate surface area is 191 Å². The van der Waals surface area contributed by atoms with E-state index in [1.807, 2.05) is 60.7 Å². The molecule has 2 heterocycles. The van der Waals surface area contributed by atoms with Crippen LogP contribution in [0.2, 0.25) is 0 Å². The van der Waals surface area contributed by atoms with Gasteiger partial charge in [-0.05, 0) is 47.9 Å². The topological polar surface area (TPSA) is 59.7 Å². The van der Waals surface area contributed by atoms with Crippen molar-refractivity contribution in [2.75, 3.05) is 0 Å². The molecule has 1 unspecified atom stereocenters. The molecular weight excluding hydrogens is 418 g/mol. The molecule has 0 radical (unpaired) electrons. The Kier molecular flexibility index (Phi) is 6.05. The van der Waals surface area contributed by atoms with Gasteiger partial charge < -0.3 is 9.84 Å². The van der Waals surface area contributed by atoms with Gasteiger partial charge in [-0.3, -0.25) is 4.40 Å².